The first kappa shape index (κ1) is 13.6. The minimum absolute atomic E-state index is 0.0334. The molecular formula is C14H14N4O2. The van der Waals surface area contributed by atoms with E-state index in [1.165, 1.54) is 6.20 Å². The van der Waals surface area contributed by atoms with Gasteiger partial charge in [-0.05, 0) is 32.0 Å². The molecule has 0 aliphatic carbocycles. The van der Waals surface area contributed by atoms with E-state index in [9.17, 15) is 4.79 Å². The molecule has 1 aromatic heterocycles. The number of hydrogen-bond acceptors (Lipinski definition) is 4. The van der Waals surface area contributed by atoms with Crippen molar-refractivity contribution >= 4 is 11.7 Å². The lowest BCUT2D eigenvalue weighted by atomic mass is 10.2. The summed E-state index contributed by atoms with van der Waals surface area (Å²) in [5.41, 5.74) is 0.731. The molecule has 0 atom stereocenters. The molecule has 6 heteroatoms. The number of hydrogen-bond donors (Lipinski definition) is 2. The van der Waals surface area contributed by atoms with E-state index in [0.717, 1.165) is 0 Å². The summed E-state index contributed by atoms with van der Waals surface area (Å²) in [5, 5.41) is 17.7. The van der Waals surface area contributed by atoms with Gasteiger partial charge in [0.1, 0.15) is 23.2 Å². The van der Waals surface area contributed by atoms with Gasteiger partial charge in [-0.3, -0.25) is 9.89 Å². The van der Waals surface area contributed by atoms with Crippen LogP contribution < -0.4 is 10.1 Å². The molecule has 2 aromatic rings. The molecule has 0 aliphatic rings. The Labute approximate surface area is 116 Å². The zero-order valence-corrected chi connectivity index (χ0v) is 11.2. The van der Waals surface area contributed by atoms with Crippen LogP contribution in [-0.2, 0) is 0 Å². The number of amides is 1. The van der Waals surface area contributed by atoms with Crippen LogP contribution in [0.4, 0.5) is 5.82 Å². The summed E-state index contributed by atoms with van der Waals surface area (Å²) in [7, 11) is 0. The summed E-state index contributed by atoms with van der Waals surface area (Å²) in [6.45, 7) is 3.83. The molecule has 0 spiro atoms. The normalized spacial score (nSPS) is 10.1. The fourth-order valence-electron chi connectivity index (χ4n) is 1.63. The van der Waals surface area contributed by atoms with Gasteiger partial charge in [0.2, 0.25) is 0 Å². The van der Waals surface area contributed by atoms with Crippen LogP contribution in [0.15, 0.2) is 30.5 Å². The van der Waals surface area contributed by atoms with Crippen molar-refractivity contribution in [1.29, 1.82) is 5.26 Å². The van der Waals surface area contributed by atoms with Gasteiger partial charge < -0.3 is 10.1 Å². The van der Waals surface area contributed by atoms with E-state index in [2.05, 4.69) is 15.5 Å². The molecule has 1 aromatic carbocycles. The van der Waals surface area contributed by atoms with Crippen LogP contribution in [0, 0.1) is 11.3 Å². The van der Waals surface area contributed by atoms with Gasteiger partial charge in [-0.1, -0.05) is 6.07 Å². The van der Waals surface area contributed by atoms with E-state index < -0.39 is 0 Å². The lowest BCUT2D eigenvalue weighted by Crippen LogP contribution is -2.13. The SMILES string of the molecule is CC(C)Oc1cccc(C(=O)Nc2[nH]ncc2C#N)c1. The van der Waals surface area contributed by atoms with Crippen LogP contribution in [0.5, 0.6) is 5.75 Å². The highest BCUT2D eigenvalue weighted by molar-refractivity contribution is 6.04. The Bertz CT molecular complexity index is 655. The Morgan fingerprint density at radius 1 is 1.50 bits per heavy atom. The third-order valence-corrected chi connectivity index (χ3v) is 2.47. The number of nitrogens with one attached hydrogen (secondary N) is 2. The monoisotopic (exact) mass is 270 g/mol. The molecule has 102 valence electrons. The number of anilines is 1. The first-order valence-electron chi connectivity index (χ1n) is 6.11. The highest BCUT2D eigenvalue weighted by atomic mass is 16.5. The molecule has 1 heterocycles. The zero-order valence-electron chi connectivity index (χ0n) is 11.2. The second-order valence-corrected chi connectivity index (χ2v) is 4.42. The third kappa shape index (κ3) is 3.14. The van der Waals surface area contributed by atoms with Crippen LogP contribution in [0.2, 0.25) is 0 Å². The molecule has 0 unspecified atom stereocenters. The molecule has 2 N–H and O–H groups in total. The van der Waals surface area contributed by atoms with Crippen molar-refractivity contribution < 1.29 is 9.53 Å². The van der Waals surface area contributed by atoms with Gasteiger partial charge in [0.15, 0.2) is 0 Å². The minimum Gasteiger partial charge on any atom is -0.491 e. The number of carbonyl (C=O) groups is 1. The van der Waals surface area contributed by atoms with E-state index in [1.54, 1.807) is 24.3 Å². The quantitative estimate of drug-likeness (QED) is 0.892. The standard InChI is InChI=1S/C14H14N4O2/c1-9(2)20-12-5-3-4-10(6-12)14(19)17-13-11(7-15)8-16-18-13/h3-6,8-9H,1-2H3,(H2,16,17,18,19). The number of ether oxygens (including phenoxy) is 1. The minimum atomic E-state index is -0.333. The first-order valence-corrected chi connectivity index (χ1v) is 6.11. The van der Waals surface area contributed by atoms with Gasteiger partial charge in [-0.25, -0.2) is 0 Å². The van der Waals surface area contributed by atoms with Gasteiger partial charge in [-0.2, -0.15) is 10.4 Å². The van der Waals surface area contributed by atoms with Crippen molar-refractivity contribution in [2.24, 2.45) is 0 Å². The van der Waals surface area contributed by atoms with Crippen LogP contribution in [0.3, 0.4) is 0 Å². The topological polar surface area (TPSA) is 90.8 Å². The van der Waals surface area contributed by atoms with Crippen molar-refractivity contribution in [3.05, 3.63) is 41.6 Å². The predicted molar refractivity (Wildman–Crippen MR) is 73.5 cm³/mol. The fraction of sp³-hybridized carbons (Fsp3) is 0.214. The summed E-state index contributed by atoms with van der Waals surface area (Å²) in [6, 6.07) is 8.79. The van der Waals surface area contributed by atoms with E-state index in [1.807, 2.05) is 19.9 Å². The number of aromatic amines is 1. The molecule has 2 rings (SSSR count). The Morgan fingerprint density at radius 2 is 2.30 bits per heavy atom. The second-order valence-electron chi connectivity index (χ2n) is 4.42. The van der Waals surface area contributed by atoms with Gasteiger partial charge in [0.25, 0.3) is 5.91 Å². The molecule has 0 fully saturated rings. The molecule has 20 heavy (non-hydrogen) atoms. The maximum absolute atomic E-state index is 12.1. The summed E-state index contributed by atoms with van der Waals surface area (Å²) in [4.78, 5) is 12.1. The number of carbonyl (C=O) groups excluding carboxylic acids is 1. The number of aromatic nitrogens is 2. The van der Waals surface area contributed by atoms with E-state index in [-0.39, 0.29) is 23.4 Å². The maximum atomic E-state index is 12.1. The number of H-pyrrole nitrogens is 1. The summed E-state index contributed by atoms with van der Waals surface area (Å²) >= 11 is 0. The Kier molecular flexibility index (Phi) is 4.01. The maximum Gasteiger partial charge on any atom is 0.256 e. The molecule has 0 saturated carbocycles. The number of benzene rings is 1. The number of rotatable bonds is 4. The van der Waals surface area contributed by atoms with Crippen LogP contribution in [-0.4, -0.2) is 22.2 Å². The Hall–Kier alpha value is -2.81. The Morgan fingerprint density at radius 3 is 3.00 bits per heavy atom. The van der Waals surface area contributed by atoms with Gasteiger partial charge in [0.05, 0.1) is 12.3 Å². The van der Waals surface area contributed by atoms with Crippen LogP contribution >= 0.6 is 0 Å². The van der Waals surface area contributed by atoms with Crippen molar-refractivity contribution in [3.8, 4) is 11.8 Å². The average molecular weight is 270 g/mol. The average Bonchev–Trinajstić information content (AvgIpc) is 2.85. The van der Waals surface area contributed by atoms with Crippen molar-refractivity contribution in [1.82, 2.24) is 10.2 Å². The highest BCUT2D eigenvalue weighted by Crippen LogP contribution is 2.17. The van der Waals surface area contributed by atoms with E-state index in [0.29, 0.717) is 11.3 Å². The molecule has 0 bridgehead atoms. The van der Waals surface area contributed by atoms with Crippen LogP contribution in [0.1, 0.15) is 29.8 Å². The predicted octanol–water partition coefficient (Wildman–Crippen LogP) is 2.32. The molecular weight excluding hydrogens is 256 g/mol. The van der Waals surface area contributed by atoms with Crippen molar-refractivity contribution in [3.63, 3.8) is 0 Å². The lowest BCUT2D eigenvalue weighted by molar-refractivity contribution is 0.102. The number of nitriles is 1. The van der Waals surface area contributed by atoms with Gasteiger partial charge in [-0.15, -0.1) is 0 Å². The van der Waals surface area contributed by atoms with Crippen LogP contribution in [0.25, 0.3) is 0 Å². The zero-order chi connectivity index (χ0) is 14.5. The van der Waals surface area contributed by atoms with E-state index >= 15 is 0 Å². The summed E-state index contributed by atoms with van der Waals surface area (Å²) in [5.74, 6) is 0.574. The number of nitrogens with zero attached hydrogens (tertiary/aromatic N) is 2. The second kappa shape index (κ2) is 5.89. The largest absolute Gasteiger partial charge is 0.491 e. The summed E-state index contributed by atoms with van der Waals surface area (Å²) in [6.07, 6.45) is 1.39. The highest BCUT2D eigenvalue weighted by Gasteiger charge is 2.11. The van der Waals surface area contributed by atoms with Gasteiger partial charge >= 0.3 is 0 Å². The van der Waals surface area contributed by atoms with Gasteiger partial charge in [0, 0.05) is 5.56 Å². The molecule has 6 nitrogen and oxygen atoms in total. The third-order valence-electron chi connectivity index (χ3n) is 2.47. The Balaban J connectivity index is 2.15. The van der Waals surface area contributed by atoms with E-state index in [4.69, 9.17) is 10.00 Å². The molecule has 0 radical (unpaired) electrons. The molecule has 1 amide bonds. The molecule has 0 aliphatic heterocycles. The van der Waals surface area contributed by atoms with Crippen molar-refractivity contribution in [2.45, 2.75) is 20.0 Å². The summed E-state index contributed by atoms with van der Waals surface area (Å²) < 4.78 is 5.53. The smallest absolute Gasteiger partial charge is 0.256 e. The first-order chi connectivity index (χ1) is 9.60. The fourth-order valence-corrected chi connectivity index (χ4v) is 1.63. The van der Waals surface area contributed by atoms with Crippen molar-refractivity contribution in [2.75, 3.05) is 5.32 Å². The lowest BCUT2D eigenvalue weighted by Gasteiger charge is -2.10. The molecule has 0 saturated heterocycles.